The fourth-order valence-electron chi connectivity index (χ4n) is 3.89. The lowest BCUT2D eigenvalue weighted by atomic mass is 10.2. The minimum Gasteiger partial charge on any atom is -0.457 e. The highest BCUT2D eigenvalue weighted by Crippen LogP contribution is 2.25. The van der Waals surface area contributed by atoms with Gasteiger partial charge in [0.1, 0.15) is 23.5 Å². The maximum Gasteiger partial charge on any atom is 0.255 e. The van der Waals surface area contributed by atoms with Gasteiger partial charge >= 0.3 is 0 Å². The molecule has 1 heterocycles. The van der Waals surface area contributed by atoms with Gasteiger partial charge in [-0.1, -0.05) is 0 Å². The molecule has 0 aliphatic carbocycles. The SMILES string of the molecule is CC(O)N(C)C1CCN(c2ccc(NC(=O)c3ccc(Oc4ccc(F)cc4)cc3)cc2)C1. The van der Waals surface area contributed by atoms with Crippen LogP contribution < -0.4 is 15.0 Å². The quantitative estimate of drug-likeness (QED) is 0.511. The molecule has 1 fully saturated rings. The Morgan fingerprint density at radius 3 is 2.27 bits per heavy atom. The first-order valence-electron chi connectivity index (χ1n) is 11.0. The molecule has 0 bridgehead atoms. The van der Waals surface area contributed by atoms with Crippen molar-refractivity contribution in [1.29, 1.82) is 0 Å². The van der Waals surface area contributed by atoms with Crippen LogP contribution in [0.3, 0.4) is 0 Å². The predicted molar refractivity (Wildman–Crippen MR) is 127 cm³/mol. The van der Waals surface area contributed by atoms with Crippen molar-refractivity contribution < 1.29 is 19.0 Å². The number of aliphatic hydroxyl groups is 1. The average molecular weight is 450 g/mol. The van der Waals surface area contributed by atoms with Crippen molar-refractivity contribution in [3.8, 4) is 11.5 Å². The van der Waals surface area contributed by atoms with Gasteiger partial charge in [0, 0.05) is 36.1 Å². The smallest absolute Gasteiger partial charge is 0.255 e. The Bertz CT molecular complexity index is 1070. The highest BCUT2D eigenvalue weighted by Gasteiger charge is 2.27. The third kappa shape index (κ3) is 5.69. The molecule has 3 aromatic rings. The van der Waals surface area contributed by atoms with Crippen molar-refractivity contribution in [1.82, 2.24) is 4.90 Å². The molecule has 1 saturated heterocycles. The number of rotatable bonds is 7. The van der Waals surface area contributed by atoms with Crippen LogP contribution in [0.1, 0.15) is 23.7 Å². The lowest BCUT2D eigenvalue weighted by Crippen LogP contribution is -2.40. The van der Waals surface area contributed by atoms with Gasteiger partial charge in [-0.25, -0.2) is 4.39 Å². The van der Waals surface area contributed by atoms with Crippen molar-refractivity contribution in [3.05, 3.63) is 84.2 Å². The molecule has 2 atom stereocenters. The van der Waals surface area contributed by atoms with Gasteiger partial charge in [0.2, 0.25) is 0 Å². The summed E-state index contributed by atoms with van der Waals surface area (Å²) in [5.41, 5.74) is 2.32. The summed E-state index contributed by atoms with van der Waals surface area (Å²) in [6, 6.07) is 20.6. The number of carbonyl (C=O) groups excluding carboxylic acids is 1. The summed E-state index contributed by atoms with van der Waals surface area (Å²) in [6.07, 6.45) is 0.539. The fraction of sp³-hybridized carbons (Fsp3) is 0.269. The normalized spacial score (nSPS) is 16.6. The van der Waals surface area contributed by atoms with Gasteiger partial charge in [0.15, 0.2) is 0 Å². The summed E-state index contributed by atoms with van der Waals surface area (Å²) >= 11 is 0. The summed E-state index contributed by atoms with van der Waals surface area (Å²) in [5.74, 6) is 0.551. The van der Waals surface area contributed by atoms with E-state index >= 15 is 0 Å². The number of nitrogens with one attached hydrogen (secondary N) is 1. The molecule has 1 aliphatic rings. The van der Waals surface area contributed by atoms with Crippen LogP contribution in [0.2, 0.25) is 0 Å². The number of likely N-dealkylation sites (N-methyl/N-ethyl adjacent to an activating group) is 1. The Kier molecular flexibility index (Phi) is 6.91. The van der Waals surface area contributed by atoms with Crippen molar-refractivity contribution in [3.63, 3.8) is 0 Å². The fourth-order valence-corrected chi connectivity index (χ4v) is 3.89. The highest BCUT2D eigenvalue weighted by molar-refractivity contribution is 6.04. The molecule has 0 spiro atoms. The molecule has 7 heteroatoms. The van der Waals surface area contributed by atoms with Crippen molar-refractivity contribution in [2.45, 2.75) is 25.6 Å². The maximum atomic E-state index is 13.0. The van der Waals surface area contributed by atoms with Gasteiger partial charge < -0.3 is 20.1 Å². The van der Waals surface area contributed by atoms with Gasteiger partial charge in [0.05, 0.1) is 0 Å². The molecule has 1 amide bonds. The second-order valence-electron chi connectivity index (χ2n) is 8.27. The van der Waals surface area contributed by atoms with Crippen LogP contribution in [0.25, 0.3) is 0 Å². The van der Waals surface area contributed by atoms with Crippen molar-refractivity contribution in [2.24, 2.45) is 0 Å². The number of anilines is 2. The van der Waals surface area contributed by atoms with Crippen molar-refractivity contribution >= 4 is 17.3 Å². The van der Waals surface area contributed by atoms with E-state index in [1.54, 1.807) is 43.3 Å². The summed E-state index contributed by atoms with van der Waals surface area (Å²) in [7, 11) is 1.94. The molecule has 0 radical (unpaired) electrons. The van der Waals surface area contributed by atoms with Crippen LogP contribution in [0.5, 0.6) is 11.5 Å². The zero-order chi connectivity index (χ0) is 23.4. The lowest BCUT2D eigenvalue weighted by molar-refractivity contribution is 0.0142. The molecule has 3 aromatic carbocycles. The zero-order valence-electron chi connectivity index (χ0n) is 18.7. The minimum absolute atomic E-state index is 0.212. The van der Waals surface area contributed by atoms with Crippen LogP contribution in [-0.2, 0) is 0 Å². The minimum atomic E-state index is -0.462. The molecular formula is C26H28FN3O3. The van der Waals surface area contributed by atoms with Gasteiger partial charge in [-0.2, -0.15) is 0 Å². The zero-order valence-corrected chi connectivity index (χ0v) is 18.7. The van der Waals surface area contributed by atoms with E-state index in [0.29, 0.717) is 28.8 Å². The molecule has 172 valence electrons. The molecule has 0 saturated carbocycles. The van der Waals surface area contributed by atoms with E-state index in [2.05, 4.69) is 10.2 Å². The number of halogens is 1. The van der Waals surface area contributed by atoms with Crippen LogP contribution >= 0.6 is 0 Å². The van der Waals surface area contributed by atoms with E-state index in [-0.39, 0.29) is 11.7 Å². The first-order chi connectivity index (χ1) is 15.9. The number of aliphatic hydroxyl groups excluding tert-OH is 1. The molecule has 4 rings (SSSR count). The predicted octanol–water partition coefficient (Wildman–Crippen LogP) is 4.72. The van der Waals surface area contributed by atoms with E-state index in [4.69, 9.17) is 4.74 Å². The van der Waals surface area contributed by atoms with Gasteiger partial charge in [-0.3, -0.25) is 9.69 Å². The van der Waals surface area contributed by atoms with Gasteiger partial charge in [0.25, 0.3) is 5.91 Å². The number of hydrogen-bond donors (Lipinski definition) is 2. The second-order valence-corrected chi connectivity index (χ2v) is 8.27. The summed E-state index contributed by atoms with van der Waals surface area (Å²) in [4.78, 5) is 16.9. The standard InChI is InChI=1S/C26H28FN3O3/c1-18(31)29(2)23-15-16-30(17-23)22-9-7-21(8-10-22)28-26(32)19-3-11-24(12-4-19)33-25-13-5-20(27)6-14-25/h3-14,18,23,31H,15-17H2,1-2H3,(H,28,32). The molecule has 2 unspecified atom stereocenters. The number of benzene rings is 3. The van der Waals surface area contributed by atoms with E-state index in [9.17, 15) is 14.3 Å². The molecular weight excluding hydrogens is 421 g/mol. The van der Waals surface area contributed by atoms with Crippen molar-refractivity contribution in [2.75, 3.05) is 30.4 Å². The van der Waals surface area contributed by atoms with E-state index < -0.39 is 6.23 Å². The third-order valence-electron chi connectivity index (χ3n) is 5.98. The third-order valence-corrected chi connectivity index (χ3v) is 5.98. The lowest BCUT2D eigenvalue weighted by Gasteiger charge is -2.27. The Labute approximate surface area is 193 Å². The highest BCUT2D eigenvalue weighted by atomic mass is 19.1. The summed E-state index contributed by atoms with van der Waals surface area (Å²) < 4.78 is 18.7. The van der Waals surface area contributed by atoms with Crippen LogP contribution in [0.15, 0.2) is 72.8 Å². The molecule has 6 nitrogen and oxygen atoms in total. The van der Waals surface area contributed by atoms with E-state index in [1.165, 1.54) is 12.1 Å². The van der Waals surface area contributed by atoms with E-state index in [0.717, 1.165) is 25.2 Å². The summed E-state index contributed by atoms with van der Waals surface area (Å²) in [5, 5.41) is 12.7. The largest absolute Gasteiger partial charge is 0.457 e. The number of nitrogens with zero attached hydrogens (tertiary/aromatic N) is 2. The van der Waals surface area contributed by atoms with E-state index in [1.807, 2.05) is 36.2 Å². The molecule has 1 aliphatic heterocycles. The molecule has 2 N–H and O–H groups in total. The average Bonchev–Trinajstić information content (AvgIpc) is 3.31. The van der Waals surface area contributed by atoms with Gasteiger partial charge in [-0.15, -0.1) is 0 Å². The van der Waals surface area contributed by atoms with Crippen LogP contribution in [0, 0.1) is 5.82 Å². The Balaban J connectivity index is 1.32. The molecule has 0 aromatic heterocycles. The summed E-state index contributed by atoms with van der Waals surface area (Å²) in [6.45, 7) is 3.57. The topological polar surface area (TPSA) is 65.0 Å². The number of ether oxygens (including phenoxy) is 1. The Hall–Kier alpha value is -3.42. The Morgan fingerprint density at radius 1 is 1.06 bits per heavy atom. The number of hydrogen-bond acceptors (Lipinski definition) is 5. The monoisotopic (exact) mass is 449 g/mol. The first-order valence-corrected chi connectivity index (χ1v) is 11.0. The maximum absolute atomic E-state index is 13.0. The number of carbonyl (C=O) groups is 1. The first kappa shape index (κ1) is 22.8. The Morgan fingerprint density at radius 2 is 1.67 bits per heavy atom. The molecule has 33 heavy (non-hydrogen) atoms. The number of amides is 1. The second kappa shape index (κ2) is 10.0. The van der Waals surface area contributed by atoms with Crippen LogP contribution in [-0.4, -0.2) is 48.3 Å². The van der Waals surface area contributed by atoms with Crippen LogP contribution in [0.4, 0.5) is 15.8 Å². The van der Waals surface area contributed by atoms with Gasteiger partial charge in [-0.05, 0) is 93.2 Å².